The summed E-state index contributed by atoms with van der Waals surface area (Å²) in [5.74, 6) is -1.68. The van der Waals surface area contributed by atoms with E-state index in [9.17, 15) is 9.59 Å². The predicted molar refractivity (Wildman–Crippen MR) is 86.6 cm³/mol. The molecule has 1 fully saturated rings. The van der Waals surface area contributed by atoms with Gasteiger partial charge in [-0.3, -0.25) is 14.8 Å². The van der Waals surface area contributed by atoms with Crippen LogP contribution in [0.4, 0.5) is 0 Å². The number of nitrogens with one attached hydrogen (secondary N) is 1. The molecule has 1 rings (SSSR count). The van der Waals surface area contributed by atoms with Gasteiger partial charge in [0.1, 0.15) is 5.57 Å². The van der Waals surface area contributed by atoms with Crippen molar-refractivity contribution in [3.8, 4) is 0 Å². The maximum absolute atomic E-state index is 11.7. The number of rotatable bonds is 3. The van der Waals surface area contributed by atoms with Crippen molar-refractivity contribution in [2.75, 3.05) is 28.2 Å². The summed E-state index contributed by atoms with van der Waals surface area (Å²) in [6.07, 6.45) is 8.10. The molecular weight excluding hydrogens is 298 g/mol. The zero-order chi connectivity index (χ0) is 17.6. The van der Waals surface area contributed by atoms with E-state index in [0.717, 1.165) is 5.96 Å². The lowest BCUT2D eigenvalue weighted by molar-refractivity contribution is -0.471. The van der Waals surface area contributed by atoms with E-state index in [-0.39, 0.29) is 5.57 Å². The van der Waals surface area contributed by atoms with Gasteiger partial charge in [-0.05, 0) is 12.2 Å². The summed E-state index contributed by atoms with van der Waals surface area (Å²) in [7, 11) is 7.72. The summed E-state index contributed by atoms with van der Waals surface area (Å²) in [5, 5.41) is 3.12. The molecular formula is C16H24N3O4+. The second-order valence-corrected chi connectivity index (χ2v) is 5.76. The minimum atomic E-state index is -1.22. The minimum Gasteiger partial charge on any atom is -0.419 e. The molecule has 7 nitrogen and oxygen atoms in total. The van der Waals surface area contributed by atoms with E-state index in [1.807, 2.05) is 37.7 Å². The Kier molecular flexibility index (Phi) is 6.12. The minimum absolute atomic E-state index is 0.129. The normalized spacial score (nSPS) is 17.0. The first-order chi connectivity index (χ1) is 10.6. The molecule has 0 atom stereocenters. The SMILES string of the molecule is CN(C)C(N/C=C/C=C/C=C1C(=O)OC(C)(C)OC1=O)=[N+](C)C. The molecule has 0 bridgehead atoms. The number of carbonyl (C=O) groups excluding carboxylic acids is 2. The standard InChI is InChI=1S/C16H23N3O4/c1-16(2)22-13(20)12(14(21)23-16)10-8-7-9-11-17-15(18(3)4)19(5)6/h7-11H,1-6H3/p+1/b8-7+,11-9+. The first-order valence-corrected chi connectivity index (χ1v) is 7.12. The summed E-state index contributed by atoms with van der Waals surface area (Å²) in [6, 6.07) is 0. The average Bonchev–Trinajstić information content (AvgIpc) is 2.37. The molecule has 0 unspecified atom stereocenters. The summed E-state index contributed by atoms with van der Waals surface area (Å²) in [6.45, 7) is 3.01. The van der Waals surface area contributed by atoms with Crippen LogP contribution in [-0.4, -0.2) is 61.4 Å². The molecule has 0 aromatic rings. The zero-order valence-corrected chi connectivity index (χ0v) is 14.4. The number of ether oxygens (including phenoxy) is 2. The predicted octanol–water partition coefficient (Wildman–Crippen LogP) is 0.598. The van der Waals surface area contributed by atoms with E-state index in [1.165, 1.54) is 19.9 Å². The number of guanidine groups is 1. The fourth-order valence-corrected chi connectivity index (χ4v) is 1.85. The molecule has 0 radical (unpaired) electrons. The summed E-state index contributed by atoms with van der Waals surface area (Å²) in [4.78, 5) is 25.4. The van der Waals surface area contributed by atoms with Crippen LogP contribution in [0.15, 0.2) is 36.1 Å². The van der Waals surface area contributed by atoms with Gasteiger partial charge in [-0.1, -0.05) is 12.2 Å². The van der Waals surface area contributed by atoms with Crippen LogP contribution in [0.3, 0.4) is 0 Å². The molecule has 1 N–H and O–H groups in total. The highest BCUT2D eigenvalue weighted by atomic mass is 16.7. The number of nitrogens with zero attached hydrogens (tertiary/aromatic N) is 2. The van der Waals surface area contributed by atoms with Gasteiger partial charge >= 0.3 is 17.9 Å². The number of carbonyl (C=O) groups is 2. The molecule has 7 heteroatoms. The number of hydrogen-bond acceptors (Lipinski definition) is 4. The Hall–Kier alpha value is -2.57. The van der Waals surface area contributed by atoms with Crippen molar-refractivity contribution >= 4 is 17.9 Å². The third-order valence-electron chi connectivity index (χ3n) is 2.76. The van der Waals surface area contributed by atoms with Crippen molar-refractivity contribution in [3.05, 3.63) is 36.1 Å². The van der Waals surface area contributed by atoms with Crippen molar-refractivity contribution in [3.63, 3.8) is 0 Å². The van der Waals surface area contributed by atoms with Crippen molar-refractivity contribution in [1.82, 2.24) is 10.2 Å². The lowest BCUT2D eigenvalue weighted by Gasteiger charge is -2.29. The average molecular weight is 322 g/mol. The van der Waals surface area contributed by atoms with Gasteiger partial charge in [0.15, 0.2) is 0 Å². The molecule has 0 spiro atoms. The van der Waals surface area contributed by atoms with Crippen LogP contribution in [0.1, 0.15) is 13.8 Å². The van der Waals surface area contributed by atoms with Crippen molar-refractivity contribution in [2.24, 2.45) is 0 Å². The fourth-order valence-electron chi connectivity index (χ4n) is 1.85. The summed E-state index contributed by atoms with van der Waals surface area (Å²) < 4.78 is 11.9. The molecule has 0 aromatic carbocycles. The van der Waals surface area contributed by atoms with Gasteiger partial charge in [0.2, 0.25) is 0 Å². The third kappa shape index (κ3) is 5.61. The van der Waals surface area contributed by atoms with E-state index in [4.69, 9.17) is 9.47 Å². The van der Waals surface area contributed by atoms with Gasteiger partial charge in [-0.2, -0.15) is 0 Å². The molecule has 0 amide bonds. The molecule has 1 heterocycles. The molecule has 1 aliphatic rings. The topological polar surface area (TPSA) is 70.9 Å². The lowest BCUT2D eigenvalue weighted by atomic mass is 10.2. The summed E-state index contributed by atoms with van der Waals surface area (Å²) in [5.41, 5.74) is -0.129. The first kappa shape index (κ1) is 18.5. The number of cyclic esters (lactones) is 2. The van der Waals surface area contributed by atoms with Crippen LogP contribution in [0.25, 0.3) is 0 Å². The number of hydrogen-bond donors (Lipinski definition) is 1. The van der Waals surface area contributed by atoms with Gasteiger partial charge in [0.05, 0.1) is 34.4 Å². The van der Waals surface area contributed by atoms with Gasteiger partial charge in [-0.15, -0.1) is 0 Å². The van der Waals surface area contributed by atoms with E-state index in [0.29, 0.717) is 0 Å². The molecule has 0 aromatic heterocycles. The Morgan fingerprint density at radius 2 is 1.65 bits per heavy atom. The van der Waals surface area contributed by atoms with Crippen LogP contribution >= 0.6 is 0 Å². The van der Waals surface area contributed by atoms with Crippen molar-refractivity contribution < 1.29 is 23.6 Å². The molecule has 1 saturated heterocycles. The van der Waals surface area contributed by atoms with Crippen LogP contribution in [-0.2, 0) is 19.1 Å². The maximum atomic E-state index is 11.7. The largest absolute Gasteiger partial charge is 0.419 e. The van der Waals surface area contributed by atoms with E-state index >= 15 is 0 Å². The Bertz CT molecular complexity index is 572. The van der Waals surface area contributed by atoms with E-state index in [2.05, 4.69) is 5.32 Å². The fraction of sp³-hybridized carbons (Fsp3) is 0.438. The van der Waals surface area contributed by atoms with E-state index < -0.39 is 17.7 Å². The van der Waals surface area contributed by atoms with Crippen molar-refractivity contribution in [2.45, 2.75) is 19.6 Å². The second kappa shape index (κ2) is 7.62. The number of esters is 2. The van der Waals surface area contributed by atoms with Crippen LogP contribution in [0.5, 0.6) is 0 Å². The zero-order valence-electron chi connectivity index (χ0n) is 14.4. The Balaban J connectivity index is 2.66. The van der Waals surface area contributed by atoms with Crippen LogP contribution in [0.2, 0.25) is 0 Å². The molecule has 23 heavy (non-hydrogen) atoms. The van der Waals surface area contributed by atoms with Gasteiger partial charge in [0.25, 0.3) is 5.79 Å². The number of allylic oxidation sites excluding steroid dienone is 4. The van der Waals surface area contributed by atoms with Gasteiger partial charge in [0, 0.05) is 13.8 Å². The summed E-state index contributed by atoms with van der Waals surface area (Å²) >= 11 is 0. The highest BCUT2D eigenvalue weighted by Crippen LogP contribution is 2.22. The monoisotopic (exact) mass is 322 g/mol. The molecule has 1 aliphatic heterocycles. The molecule has 0 saturated carbocycles. The highest BCUT2D eigenvalue weighted by Gasteiger charge is 2.38. The van der Waals surface area contributed by atoms with E-state index in [1.54, 1.807) is 24.4 Å². The Morgan fingerprint density at radius 1 is 1.09 bits per heavy atom. The quantitative estimate of drug-likeness (QED) is 0.156. The maximum Gasteiger partial charge on any atom is 0.351 e. The van der Waals surface area contributed by atoms with Crippen LogP contribution < -0.4 is 5.32 Å². The van der Waals surface area contributed by atoms with Gasteiger partial charge in [-0.25, -0.2) is 9.59 Å². The third-order valence-corrected chi connectivity index (χ3v) is 2.76. The Morgan fingerprint density at radius 3 is 2.13 bits per heavy atom. The van der Waals surface area contributed by atoms with Crippen LogP contribution in [0, 0.1) is 0 Å². The smallest absolute Gasteiger partial charge is 0.351 e. The van der Waals surface area contributed by atoms with Gasteiger partial charge < -0.3 is 9.47 Å². The highest BCUT2D eigenvalue weighted by molar-refractivity contribution is 6.15. The Labute approximate surface area is 136 Å². The van der Waals surface area contributed by atoms with Crippen molar-refractivity contribution in [1.29, 1.82) is 0 Å². The lowest BCUT2D eigenvalue weighted by Crippen LogP contribution is -2.41. The second-order valence-electron chi connectivity index (χ2n) is 5.76. The molecule has 0 aliphatic carbocycles. The molecule has 126 valence electrons. The first-order valence-electron chi connectivity index (χ1n) is 7.12.